The molecule has 244 valence electrons. The summed E-state index contributed by atoms with van der Waals surface area (Å²) in [5.41, 5.74) is 4.34. The molecule has 10 nitrogen and oxygen atoms in total. The number of ether oxygens (including phenoxy) is 2. The van der Waals surface area contributed by atoms with Gasteiger partial charge >= 0.3 is 0 Å². The average Bonchev–Trinajstić information content (AvgIpc) is 3.42. The highest BCUT2D eigenvalue weighted by Gasteiger charge is 2.37. The Morgan fingerprint density at radius 2 is 1.85 bits per heavy atom. The molecule has 2 aromatic heterocycles. The van der Waals surface area contributed by atoms with Gasteiger partial charge in [-0.3, -0.25) is 9.59 Å². The molecule has 3 aromatic carbocycles. The molecule has 0 radical (unpaired) electrons. The van der Waals surface area contributed by atoms with Gasteiger partial charge in [0.1, 0.15) is 34.4 Å². The molecular formula is C33H28Cl2F2N4O6. The molecular weight excluding hydrogens is 657 g/mol. The Kier molecular flexibility index (Phi) is 9.66. The molecule has 0 fully saturated rings. The second-order valence-electron chi connectivity index (χ2n) is 10.5. The number of pyridine rings is 1. The Morgan fingerprint density at radius 1 is 1.09 bits per heavy atom. The van der Waals surface area contributed by atoms with Crippen LogP contribution in [0.15, 0.2) is 59.0 Å². The number of fused-ring (bicyclic) bond motifs is 1. The maximum Gasteiger partial charge on any atom is 0.251 e. The van der Waals surface area contributed by atoms with E-state index in [1.807, 2.05) is 0 Å². The van der Waals surface area contributed by atoms with Crippen LogP contribution in [0.2, 0.25) is 10.0 Å². The van der Waals surface area contributed by atoms with Crippen molar-refractivity contribution in [1.82, 2.24) is 15.3 Å². The number of rotatable bonds is 11. The van der Waals surface area contributed by atoms with Crippen molar-refractivity contribution in [2.24, 2.45) is 5.73 Å². The predicted octanol–water partition coefficient (Wildman–Crippen LogP) is 5.88. The molecule has 5 aromatic rings. The van der Waals surface area contributed by atoms with E-state index in [0.717, 1.165) is 12.1 Å². The van der Waals surface area contributed by atoms with E-state index in [4.69, 9.17) is 42.8 Å². The first kappa shape index (κ1) is 33.6. The van der Waals surface area contributed by atoms with Crippen molar-refractivity contribution >= 4 is 46.1 Å². The van der Waals surface area contributed by atoms with Gasteiger partial charge in [-0.25, -0.2) is 18.7 Å². The molecule has 2 heterocycles. The lowest BCUT2D eigenvalue weighted by Gasteiger charge is -2.30. The lowest BCUT2D eigenvalue weighted by molar-refractivity contribution is -0.117. The van der Waals surface area contributed by atoms with Crippen molar-refractivity contribution in [3.63, 3.8) is 0 Å². The number of nitrogens with two attached hydrogens (primary N) is 1. The van der Waals surface area contributed by atoms with Crippen molar-refractivity contribution in [2.75, 3.05) is 20.3 Å². The fourth-order valence-corrected chi connectivity index (χ4v) is 5.51. The zero-order valence-corrected chi connectivity index (χ0v) is 26.8. The molecule has 2 amide bonds. The predicted molar refractivity (Wildman–Crippen MR) is 171 cm³/mol. The first-order valence-corrected chi connectivity index (χ1v) is 14.9. The number of hydrogen-bond acceptors (Lipinski definition) is 8. The summed E-state index contributed by atoms with van der Waals surface area (Å²) >= 11 is 12.6. The number of benzene rings is 3. The van der Waals surface area contributed by atoms with Crippen LogP contribution in [-0.4, -0.2) is 47.2 Å². The molecule has 5 rings (SSSR count). The molecule has 0 aliphatic carbocycles. The minimum absolute atomic E-state index is 0.00700. The fraction of sp³-hybridized carbons (Fsp3) is 0.212. The Balaban J connectivity index is 1.68. The van der Waals surface area contributed by atoms with E-state index in [9.17, 15) is 23.5 Å². The Hall–Kier alpha value is -4.78. The molecule has 47 heavy (non-hydrogen) atoms. The van der Waals surface area contributed by atoms with E-state index in [1.165, 1.54) is 49.6 Å². The average molecular weight is 686 g/mol. The largest absolute Gasteiger partial charge is 0.494 e. The Bertz CT molecular complexity index is 2020. The number of halogens is 4. The van der Waals surface area contributed by atoms with E-state index in [1.54, 1.807) is 13.8 Å². The number of aryl methyl sites for hydroxylation is 1. The number of aliphatic hydroxyl groups is 1. The van der Waals surface area contributed by atoms with Gasteiger partial charge < -0.3 is 30.0 Å². The Morgan fingerprint density at radius 3 is 2.53 bits per heavy atom. The summed E-state index contributed by atoms with van der Waals surface area (Å²) in [4.78, 5) is 34.6. The van der Waals surface area contributed by atoms with Gasteiger partial charge in [-0.2, -0.15) is 0 Å². The number of oxazole rings is 1. The summed E-state index contributed by atoms with van der Waals surface area (Å²) in [6.45, 7) is 2.92. The van der Waals surface area contributed by atoms with Gasteiger partial charge in [0, 0.05) is 23.6 Å². The smallest absolute Gasteiger partial charge is 0.251 e. The number of carbonyl (C=O) groups excluding carboxylic acids is 2. The van der Waals surface area contributed by atoms with E-state index < -0.39 is 40.6 Å². The molecule has 0 unspecified atom stereocenters. The molecule has 0 bridgehead atoms. The fourth-order valence-electron chi connectivity index (χ4n) is 5.11. The van der Waals surface area contributed by atoms with Crippen LogP contribution in [0.25, 0.3) is 22.4 Å². The van der Waals surface area contributed by atoms with Crippen LogP contribution in [0.1, 0.15) is 40.0 Å². The first-order valence-electron chi connectivity index (χ1n) is 14.2. The second kappa shape index (κ2) is 13.5. The zero-order chi connectivity index (χ0) is 34.0. The van der Waals surface area contributed by atoms with Crippen LogP contribution in [0.4, 0.5) is 8.78 Å². The molecule has 0 spiro atoms. The molecule has 1 atom stereocenters. The van der Waals surface area contributed by atoms with Crippen molar-refractivity contribution < 1.29 is 37.4 Å². The molecule has 0 saturated heterocycles. The number of primary amides is 1. The number of nitrogens with zero attached hydrogens (tertiary/aromatic N) is 2. The van der Waals surface area contributed by atoms with Gasteiger partial charge in [-0.1, -0.05) is 35.3 Å². The minimum atomic E-state index is -2.23. The third-order valence-electron chi connectivity index (χ3n) is 7.27. The van der Waals surface area contributed by atoms with Gasteiger partial charge in [0.15, 0.2) is 17.0 Å². The summed E-state index contributed by atoms with van der Waals surface area (Å²) in [5.74, 6) is -2.14. The molecule has 14 heteroatoms. The number of amides is 2. The van der Waals surface area contributed by atoms with Crippen LogP contribution < -0.4 is 20.5 Å². The quantitative estimate of drug-likeness (QED) is 0.146. The van der Waals surface area contributed by atoms with Crippen molar-refractivity contribution in [1.29, 1.82) is 0 Å². The molecule has 0 saturated carbocycles. The van der Waals surface area contributed by atoms with Crippen LogP contribution in [-0.2, 0) is 16.8 Å². The lowest BCUT2D eigenvalue weighted by Crippen LogP contribution is -2.42. The van der Waals surface area contributed by atoms with E-state index in [-0.39, 0.29) is 63.2 Å². The highest BCUT2D eigenvalue weighted by molar-refractivity contribution is 6.43. The standard InChI is InChI=1S/C33H28Cl2F2N4O6/c1-4-46-31-17(13-26(38)42)12-25(41-29(31)21-8-9-22(37)28(35)27(21)34)33(44,19-6-5-7-20(36)14-19)15-39-32(43)18-10-23(45-3)30-24(11-18)47-16(2)40-30/h5-12,14,44H,4,13,15H2,1-3H3,(H2,38,42)(H,39,43)/t33-/m1/s1. The van der Waals surface area contributed by atoms with E-state index >= 15 is 0 Å². The maximum atomic E-state index is 14.6. The number of aromatic nitrogens is 2. The minimum Gasteiger partial charge on any atom is -0.494 e. The zero-order valence-electron chi connectivity index (χ0n) is 25.3. The number of carbonyl (C=O) groups is 2. The molecule has 0 aliphatic rings. The van der Waals surface area contributed by atoms with Crippen molar-refractivity contribution in [3.8, 4) is 22.8 Å². The highest BCUT2D eigenvalue weighted by atomic mass is 35.5. The monoisotopic (exact) mass is 684 g/mol. The van der Waals surface area contributed by atoms with Crippen molar-refractivity contribution in [2.45, 2.75) is 25.9 Å². The van der Waals surface area contributed by atoms with Crippen LogP contribution in [0.5, 0.6) is 11.5 Å². The molecule has 4 N–H and O–H groups in total. The lowest BCUT2D eigenvalue weighted by atomic mass is 9.87. The van der Waals surface area contributed by atoms with Crippen LogP contribution in [0, 0.1) is 18.6 Å². The normalized spacial score (nSPS) is 12.5. The summed E-state index contributed by atoms with van der Waals surface area (Å²) < 4.78 is 45.7. The van der Waals surface area contributed by atoms with Gasteiger partial charge in [0.2, 0.25) is 5.91 Å². The summed E-state index contributed by atoms with van der Waals surface area (Å²) in [5, 5.41) is 14.5. The van der Waals surface area contributed by atoms with Gasteiger partial charge in [0.05, 0.1) is 42.4 Å². The summed E-state index contributed by atoms with van der Waals surface area (Å²) in [6, 6.07) is 11.7. The van der Waals surface area contributed by atoms with Gasteiger partial charge in [0.25, 0.3) is 5.91 Å². The summed E-state index contributed by atoms with van der Waals surface area (Å²) in [7, 11) is 1.42. The van der Waals surface area contributed by atoms with E-state index in [0.29, 0.717) is 17.0 Å². The topological polar surface area (TPSA) is 150 Å². The third-order valence-corrected chi connectivity index (χ3v) is 8.13. The second-order valence-corrected chi connectivity index (χ2v) is 11.2. The Labute approximate surface area is 277 Å². The van der Waals surface area contributed by atoms with Gasteiger partial charge in [-0.05, 0) is 55.0 Å². The summed E-state index contributed by atoms with van der Waals surface area (Å²) in [6.07, 6.45) is -0.369. The number of methoxy groups -OCH3 is 1. The van der Waals surface area contributed by atoms with Crippen molar-refractivity contribution in [3.05, 3.63) is 105 Å². The molecule has 0 aliphatic heterocycles. The number of nitrogens with one attached hydrogen (secondary N) is 1. The maximum absolute atomic E-state index is 14.6. The SMILES string of the molecule is CCOc1c(CC(N)=O)cc([C@@](O)(CNC(=O)c2cc(OC)c3nc(C)oc3c2)c2cccc(F)c2)nc1-c1ccc(F)c(Cl)c1Cl. The third kappa shape index (κ3) is 6.71. The van der Waals surface area contributed by atoms with E-state index in [2.05, 4.69) is 15.3 Å². The first-order chi connectivity index (χ1) is 22.4. The highest BCUT2D eigenvalue weighted by Crippen LogP contribution is 2.42. The number of hydrogen-bond donors (Lipinski definition) is 3. The van der Waals surface area contributed by atoms with Crippen LogP contribution in [0.3, 0.4) is 0 Å². The van der Waals surface area contributed by atoms with Crippen LogP contribution >= 0.6 is 23.2 Å². The van der Waals surface area contributed by atoms with Gasteiger partial charge in [-0.15, -0.1) is 0 Å².